The number of aromatic nitrogens is 4. The van der Waals surface area contributed by atoms with E-state index >= 15 is 0 Å². The fourth-order valence-electron chi connectivity index (χ4n) is 7.02. The van der Waals surface area contributed by atoms with Gasteiger partial charge in [0, 0.05) is 72.2 Å². The average molecular weight is 671 g/mol. The largest absolute Gasteiger partial charge is 0.205 e. The lowest BCUT2D eigenvalue weighted by molar-refractivity contribution is -0.697. The number of benzene rings is 1. The van der Waals surface area contributed by atoms with Gasteiger partial charge in [-0.2, -0.15) is 0 Å². The Morgan fingerprint density at radius 1 is 0.320 bits per heavy atom. The van der Waals surface area contributed by atoms with Crippen molar-refractivity contribution >= 4 is 0 Å². The van der Waals surface area contributed by atoms with E-state index in [0.717, 1.165) is 77.5 Å². The van der Waals surface area contributed by atoms with Gasteiger partial charge in [-0.3, -0.25) is 0 Å². The summed E-state index contributed by atoms with van der Waals surface area (Å²) in [5, 5.41) is 0. The third kappa shape index (κ3) is 10.4. The zero-order chi connectivity index (χ0) is 35.6. The van der Waals surface area contributed by atoms with Crippen LogP contribution in [0.5, 0.6) is 0 Å². The van der Waals surface area contributed by atoms with Gasteiger partial charge in [-0.05, 0) is 126 Å². The Hall–Kier alpha value is -4.18. The van der Waals surface area contributed by atoms with Gasteiger partial charge in [0.1, 0.15) is 26.2 Å². The van der Waals surface area contributed by atoms with E-state index in [2.05, 4.69) is 160 Å². The third-order valence-corrected chi connectivity index (χ3v) is 11.0. The van der Waals surface area contributed by atoms with Crippen molar-refractivity contribution in [2.45, 2.75) is 133 Å². The Labute approximate surface area is 303 Å². The molecule has 1 aromatic carbocycles. The number of hydrogen-bond acceptors (Lipinski definition) is 0. The van der Waals surface area contributed by atoms with Gasteiger partial charge in [0.2, 0.25) is 0 Å². The second kappa shape index (κ2) is 17.7. The number of aryl methyl sites for hydroxylation is 16. The maximum Gasteiger partial charge on any atom is 0.171 e. The lowest BCUT2D eigenvalue weighted by atomic mass is 9.89. The van der Waals surface area contributed by atoms with Gasteiger partial charge in [0.25, 0.3) is 0 Å². The smallest absolute Gasteiger partial charge is 0.171 e. The molecule has 4 heteroatoms. The third-order valence-electron chi connectivity index (χ3n) is 11.0. The lowest BCUT2D eigenvalue weighted by Crippen LogP contribution is -2.34. The molecule has 0 fully saturated rings. The standard InChI is InChI=1S/C46H62N4/c1-35-17-25-47(31-39(35)5)21-9-13-43-29-45(15-11-23-49-27-19-37(3)41(7)33-49)46(16-12-24-50-28-20-38(4)42(8)34-50)30-44(43)14-10-22-48-26-18-36(2)40(6)32-48/h17-20,25-34H,9-16,21-24H2,1-8H3/q+4. The highest BCUT2D eigenvalue weighted by Gasteiger charge is 2.15. The molecule has 0 aliphatic heterocycles. The van der Waals surface area contributed by atoms with E-state index in [1.165, 1.54) is 44.5 Å². The van der Waals surface area contributed by atoms with Gasteiger partial charge in [0.05, 0.1) is 0 Å². The summed E-state index contributed by atoms with van der Waals surface area (Å²) in [6.45, 7) is 21.9. The van der Waals surface area contributed by atoms with E-state index < -0.39 is 0 Å². The molecule has 0 saturated heterocycles. The average Bonchev–Trinajstić information content (AvgIpc) is 3.09. The predicted molar refractivity (Wildman–Crippen MR) is 204 cm³/mol. The minimum Gasteiger partial charge on any atom is -0.205 e. The SMILES string of the molecule is Cc1cc[n+](CCCc2cc(CCC[n+]3ccc(C)c(C)c3)c(CCC[n+]3ccc(C)c(C)c3)cc2CCC[n+]2ccc(C)c(C)c2)cc1C. The Morgan fingerprint density at radius 2 is 0.540 bits per heavy atom. The van der Waals surface area contributed by atoms with Crippen LogP contribution in [0.4, 0.5) is 0 Å². The summed E-state index contributed by atoms with van der Waals surface area (Å²) in [5.41, 5.74) is 17.1. The van der Waals surface area contributed by atoms with Crippen LogP contribution >= 0.6 is 0 Å². The van der Waals surface area contributed by atoms with Crippen molar-refractivity contribution in [3.05, 3.63) is 153 Å². The van der Waals surface area contributed by atoms with Gasteiger partial charge in [-0.25, -0.2) is 18.3 Å². The molecule has 5 aromatic rings. The summed E-state index contributed by atoms with van der Waals surface area (Å²) in [5.74, 6) is 0. The van der Waals surface area contributed by atoms with Crippen LogP contribution in [0, 0.1) is 55.4 Å². The molecule has 4 heterocycles. The van der Waals surface area contributed by atoms with Gasteiger partial charge in [-0.1, -0.05) is 12.1 Å². The fourth-order valence-corrected chi connectivity index (χ4v) is 7.02. The molecule has 262 valence electrons. The van der Waals surface area contributed by atoms with Crippen LogP contribution in [-0.4, -0.2) is 0 Å². The summed E-state index contributed by atoms with van der Waals surface area (Å²) >= 11 is 0. The maximum absolute atomic E-state index is 2.62. The number of pyridine rings is 4. The van der Waals surface area contributed by atoms with Crippen molar-refractivity contribution in [1.82, 2.24) is 0 Å². The molecule has 0 radical (unpaired) electrons. The van der Waals surface area contributed by atoms with E-state index in [0.29, 0.717) is 0 Å². The minimum atomic E-state index is 1.05. The normalized spacial score (nSPS) is 11.4. The summed E-state index contributed by atoms with van der Waals surface area (Å²) in [6, 6.07) is 14.2. The zero-order valence-corrected chi connectivity index (χ0v) is 32.4. The van der Waals surface area contributed by atoms with Crippen LogP contribution in [0.3, 0.4) is 0 Å². The van der Waals surface area contributed by atoms with Crippen LogP contribution in [0.15, 0.2) is 86.0 Å². The molecule has 4 aromatic heterocycles. The number of rotatable bonds is 16. The van der Waals surface area contributed by atoms with Gasteiger partial charge in [-0.15, -0.1) is 0 Å². The second-order valence-corrected chi connectivity index (χ2v) is 15.0. The van der Waals surface area contributed by atoms with Crippen LogP contribution in [0.25, 0.3) is 0 Å². The van der Waals surface area contributed by atoms with Gasteiger partial charge >= 0.3 is 0 Å². The van der Waals surface area contributed by atoms with Crippen LogP contribution in [0.2, 0.25) is 0 Å². The molecule has 0 spiro atoms. The summed E-state index contributed by atoms with van der Waals surface area (Å²) < 4.78 is 9.50. The molecular weight excluding hydrogens is 609 g/mol. The van der Waals surface area contributed by atoms with Crippen molar-refractivity contribution in [1.29, 1.82) is 0 Å². The second-order valence-electron chi connectivity index (χ2n) is 15.0. The molecule has 0 N–H and O–H groups in total. The molecule has 0 aliphatic carbocycles. The molecule has 0 amide bonds. The Morgan fingerprint density at radius 3 is 0.740 bits per heavy atom. The molecule has 50 heavy (non-hydrogen) atoms. The Kier molecular flexibility index (Phi) is 13.1. The van der Waals surface area contributed by atoms with Crippen molar-refractivity contribution in [2.24, 2.45) is 0 Å². The summed E-state index contributed by atoms with van der Waals surface area (Å²) in [7, 11) is 0. The van der Waals surface area contributed by atoms with E-state index in [4.69, 9.17) is 0 Å². The molecule has 0 bridgehead atoms. The monoisotopic (exact) mass is 670 g/mol. The van der Waals surface area contributed by atoms with Gasteiger partial charge in [0.15, 0.2) is 49.6 Å². The first kappa shape index (κ1) is 37.1. The first-order valence-corrected chi connectivity index (χ1v) is 19.0. The summed E-state index contributed by atoms with van der Waals surface area (Å²) in [6.07, 6.45) is 27.3. The van der Waals surface area contributed by atoms with Gasteiger partial charge < -0.3 is 0 Å². The van der Waals surface area contributed by atoms with Crippen LogP contribution in [0.1, 0.15) is 92.4 Å². The highest BCUT2D eigenvalue weighted by molar-refractivity contribution is 5.39. The van der Waals surface area contributed by atoms with E-state index in [1.54, 1.807) is 22.3 Å². The first-order chi connectivity index (χ1) is 24.0. The quantitative estimate of drug-likeness (QED) is 0.0952. The van der Waals surface area contributed by atoms with Crippen molar-refractivity contribution in [3.63, 3.8) is 0 Å². The van der Waals surface area contributed by atoms with Crippen molar-refractivity contribution in [2.75, 3.05) is 0 Å². The molecule has 0 saturated carbocycles. The Balaban J connectivity index is 1.38. The van der Waals surface area contributed by atoms with E-state index in [1.807, 2.05) is 0 Å². The fraction of sp³-hybridized carbons (Fsp3) is 0.435. The predicted octanol–water partition coefficient (Wildman–Crippen LogP) is 7.84. The molecule has 0 unspecified atom stereocenters. The van der Waals surface area contributed by atoms with E-state index in [-0.39, 0.29) is 0 Å². The molecule has 5 rings (SSSR count). The highest BCUT2D eigenvalue weighted by atomic mass is 14.9. The molecule has 0 atom stereocenters. The van der Waals surface area contributed by atoms with Crippen molar-refractivity contribution < 1.29 is 18.3 Å². The zero-order valence-electron chi connectivity index (χ0n) is 32.4. The molecule has 0 aliphatic rings. The lowest BCUT2D eigenvalue weighted by Gasteiger charge is -2.17. The van der Waals surface area contributed by atoms with Crippen molar-refractivity contribution in [3.8, 4) is 0 Å². The highest BCUT2D eigenvalue weighted by Crippen LogP contribution is 2.24. The van der Waals surface area contributed by atoms with Crippen LogP contribution < -0.4 is 18.3 Å². The van der Waals surface area contributed by atoms with E-state index in [9.17, 15) is 0 Å². The maximum atomic E-state index is 2.62. The summed E-state index contributed by atoms with van der Waals surface area (Å²) in [4.78, 5) is 0. The molecular formula is C46H62N4+4. The Bertz CT molecular complexity index is 1630. The number of hydrogen-bond donors (Lipinski definition) is 0. The van der Waals surface area contributed by atoms with Crippen LogP contribution in [-0.2, 0) is 51.9 Å². The topological polar surface area (TPSA) is 15.5 Å². The number of nitrogens with zero attached hydrogens (tertiary/aromatic N) is 4. The minimum absolute atomic E-state index is 1.05. The first-order valence-electron chi connectivity index (χ1n) is 19.0. The molecule has 4 nitrogen and oxygen atoms in total.